The molecule has 1 aliphatic rings. The van der Waals surface area contributed by atoms with E-state index in [4.69, 9.17) is 16.3 Å². The first-order chi connectivity index (χ1) is 9.08. The van der Waals surface area contributed by atoms with Gasteiger partial charge in [-0.2, -0.15) is 0 Å². The molecular formula is C12H15ClN2O4S. The molecule has 2 N–H and O–H groups in total. The van der Waals surface area contributed by atoms with Gasteiger partial charge in [-0.3, -0.25) is 4.79 Å². The number of anilines is 1. The van der Waals surface area contributed by atoms with Crippen LogP contribution < -0.4 is 14.8 Å². The predicted molar refractivity (Wildman–Crippen MR) is 75.7 cm³/mol. The van der Waals surface area contributed by atoms with Crippen molar-refractivity contribution < 1.29 is 17.9 Å². The van der Waals surface area contributed by atoms with E-state index in [-0.39, 0.29) is 28.2 Å². The van der Waals surface area contributed by atoms with Crippen molar-refractivity contribution >= 4 is 33.2 Å². The van der Waals surface area contributed by atoms with Crippen LogP contribution in [-0.2, 0) is 14.8 Å². The summed E-state index contributed by atoms with van der Waals surface area (Å²) in [5, 5.41) is 2.58. The van der Waals surface area contributed by atoms with E-state index in [1.807, 2.05) is 0 Å². The van der Waals surface area contributed by atoms with Gasteiger partial charge in [-0.1, -0.05) is 11.6 Å². The van der Waals surface area contributed by atoms with E-state index in [1.54, 1.807) is 20.8 Å². The van der Waals surface area contributed by atoms with E-state index < -0.39 is 15.6 Å². The average molecular weight is 319 g/mol. The van der Waals surface area contributed by atoms with Crippen LogP contribution in [0.1, 0.15) is 20.8 Å². The van der Waals surface area contributed by atoms with E-state index in [1.165, 1.54) is 12.1 Å². The van der Waals surface area contributed by atoms with E-state index in [0.29, 0.717) is 5.69 Å². The second-order valence-corrected chi connectivity index (χ2v) is 7.53. The molecule has 0 radical (unpaired) electrons. The van der Waals surface area contributed by atoms with Gasteiger partial charge in [0.25, 0.3) is 5.91 Å². The third-order valence-electron chi connectivity index (χ3n) is 2.40. The van der Waals surface area contributed by atoms with Gasteiger partial charge in [0.2, 0.25) is 10.0 Å². The number of rotatable bonds is 2. The van der Waals surface area contributed by atoms with Gasteiger partial charge in [-0.25, -0.2) is 13.1 Å². The summed E-state index contributed by atoms with van der Waals surface area (Å²) in [6.07, 6.45) is 0. The Kier molecular flexibility index (Phi) is 3.70. The van der Waals surface area contributed by atoms with Gasteiger partial charge in [0.1, 0.15) is 10.6 Å². The molecule has 1 aliphatic heterocycles. The molecule has 110 valence electrons. The van der Waals surface area contributed by atoms with Crippen LogP contribution >= 0.6 is 11.6 Å². The smallest absolute Gasteiger partial charge is 0.262 e. The number of amides is 1. The highest BCUT2D eigenvalue weighted by Crippen LogP contribution is 2.35. The number of ether oxygens (including phenoxy) is 1. The maximum atomic E-state index is 12.3. The maximum Gasteiger partial charge on any atom is 0.262 e. The number of carbonyl (C=O) groups excluding carboxylic acids is 1. The van der Waals surface area contributed by atoms with Gasteiger partial charge >= 0.3 is 0 Å². The van der Waals surface area contributed by atoms with Crippen LogP contribution in [0.25, 0.3) is 0 Å². The largest absolute Gasteiger partial charge is 0.482 e. The molecule has 0 unspecified atom stereocenters. The lowest BCUT2D eigenvalue weighted by Crippen LogP contribution is -2.40. The summed E-state index contributed by atoms with van der Waals surface area (Å²) in [6, 6.07) is 2.68. The third kappa shape index (κ3) is 3.23. The number of halogens is 1. The highest BCUT2D eigenvalue weighted by Gasteiger charge is 2.27. The zero-order valence-corrected chi connectivity index (χ0v) is 12.9. The first kappa shape index (κ1) is 15.1. The lowest BCUT2D eigenvalue weighted by Gasteiger charge is -2.23. The Morgan fingerprint density at radius 2 is 2.00 bits per heavy atom. The zero-order chi connectivity index (χ0) is 15.1. The number of hydrogen-bond donors (Lipinski definition) is 2. The lowest BCUT2D eigenvalue weighted by molar-refractivity contribution is -0.118. The Balaban J connectivity index is 2.46. The minimum atomic E-state index is -3.77. The highest BCUT2D eigenvalue weighted by molar-refractivity contribution is 7.89. The average Bonchev–Trinajstić information content (AvgIpc) is 2.24. The van der Waals surface area contributed by atoms with E-state index >= 15 is 0 Å². The molecular weight excluding hydrogens is 304 g/mol. The van der Waals surface area contributed by atoms with Gasteiger partial charge in [-0.05, 0) is 26.8 Å². The third-order valence-corrected chi connectivity index (χ3v) is 4.62. The van der Waals surface area contributed by atoms with Crippen molar-refractivity contribution in [2.75, 3.05) is 11.9 Å². The van der Waals surface area contributed by atoms with Crippen LogP contribution in [0.15, 0.2) is 17.0 Å². The summed E-state index contributed by atoms with van der Waals surface area (Å²) in [6.45, 7) is 5.04. The van der Waals surface area contributed by atoms with Crippen LogP contribution in [0, 0.1) is 0 Å². The van der Waals surface area contributed by atoms with Crippen LogP contribution in [0.3, 0.4) is 0 Å². The minimum Gasteiger partial charge on any atom is -0.482 e. The Morgan fingerprint density at radius 1 is 1.35 bits per heavy atom. The van der Waals surface area contributed by atoms with Gasteiger partial charge in [0.05, 0.1) is 10.7 Å². The summed E-state index contributed by atoms with van der Waals surface area (Å²) in [5.41, 5.74) is -0.270. The highest BCUT2D eigenvalue weighted by atomic mass is 35.5. The van der Waals surface area contributed by atoms with Crippen LogP contribution in [0.2, 0.25) is 5.02 Å². The van der Waals surface area contributed by atoms with Gasteiger partial charge in [0, 0.05) is 11.6 Å². The summed E-state index contributed by atoms with van der Waals surface area (Å²) in [5.74, 6) is -0.0275. The summed E-state index contributed by atoms with van der Waals surface area (Å²) >= 11 is 6.00. The molecule has 0 bridgehead atoms. The molecule has 0 aromatic heterocycles. The number of hydrogen-bond acceptors (Lipinski definition) is 4. The monoisotopic (exact) mass is 318 g/mol. The van der Waals surface area contributed by atoms with Crippen LogP contribution in [-0.4, -0.2) is 26.5 Å². The standard InChI is InChI=1S/C12H15ClN2O4S/c1-12(2,3)15-20(17,18)10-5-9-8(4-7(10)13)14-11(16)6-19-9/h4-5,15H,6H2,1-3H3,(H,14,16). The topological polar surface area (TPSA) is 84.5 Å². The minimum absolute atomic E-state index is 0.0197. The number of carbonyl (C=O) groups is 1. The molecule has 8 heteroatoms. The number of benzene rings is 1. The molecule has 6 nitrogen and oxygen atoms in total. The van der Waals surface area contributed by atoms with E-state index in [9.17, 15) is 13.2 Å². The molecule has 2 rings (SSSR count). The fourth-order valence-corrected chi connectivity index (χ4v) is 3.71. The van der Waals surface area contributed by atoms with Gasteiger partial charge in [-0.15, -0.1) is 0 Å². The molecule has 1 aromatic rings. The Hall–Kier alpha value is -1.31. The van der Waals surface area contributed by atoms with Gasteiger partial charge < -0.3 is 10.1 Å². The SMILES string of the molecule is CC(C)(C)NS(=O)(=O)c1cc2c(cc1Cl)NC(=O)CO2. The van der Waals surface area contributed by atoms with Crippen molar-refractivity contribution in [3.8, 4) is 5.75 Å². The molecule has 0 aliphatic carbocycles. The molecule has 1 aromatic carbocycles. The van der Waals surface area contributed by atoms with Crippen molar-refractivity contribution in [1.82, 2.24) is 4.72 Å². The van der Waals surface area contributed by atoms with Crippen molar-refractivity contribution in [1.29, 1.82) is 0 Å². The van der Waals surface area contributed by atoms with Gasteiger partial charge in [0.15, 0.2) is 6.61 Å². The molecule has 0 saturated carbocycles. The molecule has 0 saturated heterocycles. The summed E-state index contributed by atoms with van der Waals surface area (Å²) < 4.78 is 32.3. The van der Waals surface area contributed by atoms with Crippen molar-refractivity contribution in [2.24, 2.45) is 0 Å². The summed E-state index contributed by atoms with van der Waals surface area (Å²) in [7, 11) is -3.77. The first-order valence-electron chi connectivity index (χ1n) is 5.89. The fraction of sp³-hybridized carbons (Fsp3) is 0.417. The zero-order valence-electron chi connectivity index (χ0n) is 11.3. The quantitative estimate of drug-likeness (QED) is 0.870. The van der Waals surface area contributed by atoms with Crippen molar-refractivity contribution in [3.05, 3.63) is 17.2 Å². The van der Waals surface area contributed by atoms with Crippen LogP contribution in [0.4, 0.5) is 5.69 Å². The number of fused-ring (bicyclic) bond motifs is 1. The molecule has 0 spiro atoms. The van der Waals surface area contributed by atoms with E-state index in [2.05, 4.69) is 10.0 Å². The number of nitrogens with one attached hydrogen (secondary N) is 2. The molecule has 20 heavy (non-hydrogen) atoms. The molecule has 0 atom stereocenters. The molecule has 1 amide bonds. The first-order valence-corrected chi connectivity index (χ1v) is 7.75. The second-order valence-electron chi connectivity index (χ2n) is 5.47. The van der Waals surface area contributed by atoms with E-state index in [0.717, 1.165) is 0 Å². The maximum absolute atomic E-state index is 12.3. The molecule has 1 heterocycles. The van der Waals surface area contributed by atoms with Crippen LogP contribution in [0.5, 0.6) is 5.75 Å². The van der Waals surface area contributed by atoms with Crippen molar-refractivity contribution in [3.63, 3.8) is 0 Å². The normalized spacial score (nSPS) is 15.3. The Bertz CT molecular complexity index is 665. The molecule has 0 fully saturated rings. The van der Waals surface area contributed by atoms with Crippen molar-refractivity contribution in [2.45, 2.75) is 31.2 Å². The second kappa shape index (κ2) is 4.91. The predicted octanol–water partition coefficient (Wildman–Crippen LogP) is 1.75. The Morgan fingerprint density at radius 3 is 2.60 bits per heavy atom. The number of sulfonamides is 1. The fourth-order valence-electron chi connectivity index (χ4n) is 1.75. The Labute approximate surface area is 122 Å². The lowest BCUT2D eigenvalue weighted by atomic mass is 10.1. The summed E-state index contributed by atoms with van der Waals surface area (Å²) in [4.78, 5) is 11.1.